The fourth-order valence-electron chi connectivity index (χ4n) is 2.67. The largest absolute Gasteiger partial charge is 0.481 e. The Morgan fingerprint density at radius 2 is 1.91 bits per heavy atom. The number of fused-ring (bicyclic) bond motifs is 1. The molecule has 1 aliphatic rings. The van der Waals surface area contributed by atoms with Crippen molar-refractivity contribution in [1.29, 1.82) is 0 Å². The molecule has 0 radical (unpaired) electrons. The number of halogens is 3. The van der Waals surface area contributed by atoms with Crippen LogP contribution >= 0.6 is 0 Å². The molecule has 0 saturated carbocycles. The maximum absolute atomic E-state index is 13.0. The van der Waals surface area contributed by atoms with Gasteiger partial charge < -0.3 is 10.0 Å². The molecule has 116 valence electrons. The topological polar surface area (TPSA) is 66.3 Å². The zero-order valence-corrected chi connectivity index (χ0v) is 11.3. The summed E-state index contributed by atoms with van der Waals surface area (Å²) >= 11 is 0. The predicted octanol–water partition coefficient (Wildman–Crippen LogP) is 2.33. The van der Waals surface area contributed by atoms with Crippen LogP contribution in [0.2, 0.25) is 0 Å². The average Bonchev–Trinajstić information content (AvgIpc) is 2.92. The molecule has 2 atom stereocenters. The Bertz CT molecular complexity index is 720. The van der Waals surface area contributed by atoms with Crippen molar-refractivity contribution in [2.75, 3.05) is 18.0 Å². The lowest BCUT2D eigenvalue weighted by atomic mass is 9.96. The van der Waals surface area contributed by atoms with Gasteiger partial charge >= 0.3 is 12.1 Å². The van der Waals surface area contributed by atoms with Crippen LogP contribution in [-0.2, 0) is 4.79 Å². The average molecular weight is 311 g/mol. The van der Waals surface area contributed by atoms with Gasteiger partial charge in [-0.3, -0.25) is 9.78 Å². The molecule has 8 heteroatoms. The van der Waals surface area contributed by atoms with Gasteiger partial charge in [0, 0.05) is 13.1 Å². The predicted molar refractivity (Wildman–Crippen MR) is 72.4 cm³/mol. The Hall–Kier alpha value is -2.38. The highest BCUT2D eigenvalue weighted by Crippen LogP contribution is 2.39. The van der Waals surface area contributed by atoms with Crippen LogP contribution in [0.4, 0.5) is 19.0 Å². The zero-order valence-electron chi connectivity index (χ0n) is 11.3. The molecule has 2 aromatic rings. The number of nitrogens with zero attached hydrogens (tertiary/aromatic N) is 3. The Balaban J connectivity index is 1.92. The first kappa shape index (κ1) is 14.6. The second-order valence-electron chi connectivity index (χ2n) is 5.21. The van der Waals surface area contributed by atoms with Gasteiger partial charge in [-0.25, -0.2) is 4.98 Å². The fraction of sp³-hybridized carbons (Fsp3) is 0.357. The molecule has 0 spiro atoms. The quantitative estimate of drug-likeness (QED) is 0.922. The van der Waals surface area contributed by atoms with Gasteiger partial charge in [-0.1, -0.05) is 12.1 Å². The lowest BCUT2D eigenvalue weighted by Crippen LogP contribution is -2.33. The summed E-state index contributed by atoms with van der Waals surface area (Å²) in [5, 5.41) is 9.02. The SMILES string of the molecule is O=C(O)[C@@H]1CN(c2cnc3ccccc3n2)C[C@H]1C(F)(F)F. The van der Waals surface area contributed by atoms with Crippen molar-refractivity contribution < 1.29 is 23.1 Å². The lowest BCUT2D eigenvalue weighted by Gasteiger charge is -2.18. The number of carboxylic acid groups (broad SMARTS) is 1. The minimum Gasteiger partial charge on any atom is -0.481 e. The summed E-state index contributed by atoms with van der Waals surface area (Å²) in [5.74, 6) is -4.58. The Morgan fingerprint density at radius 1 is 1.23 bits per heavy atom. The summed E-state index contributed by atoms with van der Waals surface area (Å²) in [6.45, 7) is -0.653. The third kappa shape index (κ3) is 2.56. The summed E-state index contributed by atoms with van der Waals surface area (Å²) in [7, 11) is 0. The summed E-state index contributed by atoms with van der Waals surface area (Å²) in [5.41, 5.74) is 1.19. The van der Waals surface area contributed by atoms with Gasteiger partial charge in [0.1, 0.15) is 5.82 Å². The van der Waals surface area contributed by atoms with Gasteiger partial charge in [0.15, 0.2) is 0 Å². The summed E-state index contributed by atoms with van der Waals surface area (Å²) in [6, 6.07) is 6.99. The van der Waals surface area contributed by atoms with E-state index in [1.165, 1.54) is 11.1 Å². The number of anilines is 1. The number of alkyl halides is 3. The van der Waals surface area contributed by atoms with Gasteiger partial charge in [-0.2, -0.15) is 13.2 Å². The molecule has 1 aromatic carbocycles. The Kier molecular flexibility index (Phi) is 3.38. The summed E-state index contributed by atoms with van der Waals surface area (Å²) in [4.78, 5) is 20.8. The van der Waals surface area contributed by atoms with E-state index in [1.54, 1.807) is 24.3 Å². The first-order chi connectivity index (χ1) is 10.4. The molecule has 0 amide bonds. The molecule has 0 aliphatic carbocycles. The van der Waals surface area contributed by atoms with E-state index < -0.39 is 30.5 Å². The molecule has 1 saturated heterocycles. The van der Waals surface area contributed by atoms with E-state index in [0.717, 1.165) is 0 Å². The van der Waals surface area contributed by atoms with E-state index in [-0.39, 0.29) is 12.4 Å². The molecule has 1 fully saturated rings. The van der Waals surface area contributed by atoms with Crippen molar-refractivity contribution in [3.05, 3.63) is 30.5 Å². The molecule has 3 rings (SSSR count). The number of benzene rings is 1. The van der Waals surface area contributed by atoms with Crippen molar-refractivity contribution in [1.82, 2.24) is 9.97 Å². The van der Waals surface area contributed by atoms with Gasteiger partial charge in [-0.05, 0) is 12.1 Å². The van der Waals surface area contributed by atoms with Crippen molar-refractivity contribution >= 4 is 22.8 Å². The number of aliphatic carboxylic acids is 1. The third-order valence-electron chi connectivity index (χ3n) is 3.82. The Labute approximate surface area is 123 Å². The monoisotopic (exact) mass is 311 g/mol. The summed E-state index contributed by atoms with van der Waals surface area (Å²) in [6.07, 6.45) is -3.18. The zero-order chi connectivity index (χ0) is 15.9. The van der Waals surface area contributed by atoms with E-state index >= 15 is 0 Å². The number of carboxylic acids is 1. The van der Waals surface area contributed by atoms with Crippen LogP contribution in [0.3, 0.4) is 0 Å². The molecular formula is C14H12F3N3O2. The molecular weight excluding hydrogens is 299 g/mol. The number of para-hydroxylation sites is 2. The normalized spacial score (nSPS) is 22.2. The molecule has 22 heavy (non-hydrogen) atoms. The van der Waals surface area contributed by atoms with Crippen LogP contribution < -0.4 is 4.90 Å². The maximum Gasteiger partial charge on any atom is 0.394 e. The highest BCUT2D eigenvalue weighted by molar-refractivity contribution is 5.76. The van der Waals surface area contributed by atoms with Gasteiger partial charge in [0.25, 0.3) is 0 Å². The van der Waals surface area contributed by atoms with E-state index in [1.807, 2.05) is 0 Å². The van der Waals surface area contributed by atoms with Gasteiger partial charge in [0.2, 0.25) is 0 Å². The van der Waals surface area contributed by atoms with Crippen molar-refractivity contribution in [2.45, 2.75) is 6.18 Å². The number of aromatic nitrogens is 2. The van der Waals surface area contributed by atoms with Crippen molar-refractivity contribution in [3.8, 4) is 0 Å². The second kappa shape index (κ2) is 5.11. The van der Waals surface area contributed by atoms with Crippen LogP contribution in [0, 0.1) is 11.8 Å². The lowest BCUT2D eigenvalue weighted by molar-refractivity contribution is -0.187. The van der Waals surface area contributed by atoms with Crippen molar-refractivity contribution in [2.24, 2.45) is 11.8 Å². The van der Waals surface area contributed by atoms with Gasteiger partial charge in [0.05, 0.1) is 29.1 Å². The number of hydrogen-bond donors (Lipinski definition) is 1. The fourth-order valence-corrected chi connectivity index (χ4v) is 2.67. The molecule has 1 aromatic heterocycles. The molecule has 1 aliphatic heterocycles. The van der Waals surface area contributed by atoms with E-state index in [4.69, 9.17) is 5.11 Å². The molecule has 0 bridgehead atoms. The minimum atomic E-state index is -4.55. The van der Waals surface area contributed by atoms with Crippen LogP contribution in [-0.4, -0.2) is 40.3 Å². The van der Waals surface area contributed by atoms with Crippen LogP contribution in [0.25, 0.3) is 11.0 Å². The first-order valence-corrected chi connectivity index (χ1v) is 6.62. The number of rotatable bonds is 2. The highest BCUT2D eigenvalue weighted by Gasteiger charge is 2.52. The number of hydrogen-bond acceptors (Lipinski definition) is 4. The van der Waals surface area contributed by atoms with E-state index in [2.05, 4.69) is 9.97 Å². The summed E-state index contributed by atoms with van der Waals surface area (Å²) < 4.78 is 39.0. The van der Waals surface area contributed by atoms with Crippen LogP contribution in [0.5, 0.6) is 0 Å². The van der Waals surface area contributed by atoms with Crippen LogP contribution in [0.15, 0.2) is 30.5 Å². The second-order valence-corrected chi connectivity index (χ2v) is 5.21. The van der Waals surface area contributed by atoms with Crippen molar-refractivity contribution in [3.63, 3.8) is 0 Å². The molecule has 5 nitrogen and oxygen atoms in total. The van der Waals surface area contributed by atoms with Gasteiger partial charge in [-0.15, -0.1) is 0 Å². The number of carbonyl (C=O) groups is 1. The van der Waals surface area contributed by atoms with E-state index in [0.29, 0.717) is 11.0 Å². The van der Waals surface area contributed by atoms with E-state index in [9.17, 15) is 18.0 Å². The molecule has 0 unspecified atom stereocenters. The maximum atomic E-state index is 13.0. The third-order valence-corrected chi connectivity index (χ3v) is 3.82. The Morgan fingerprint density at radius 3 is 2.50 bits per heavy atom. The van der Waals surface area contributed by atoms with Crippen LogP contribution in [0.1, 0.15) is 0 Å². The molecule has 2 heterocycles. The minimum absolute atomic E-state index is 0.230. The first-order valence-electron chi connectivity index (χ1n) is 6.62. The smallest absolute Gasteiger partial charge is 0.394 e. The molecule has 1 N–H and O–H groups in total. The standard InChI is InChI=1S/C14H12F3N3O2/c15-14(16,17)9-7-20(6-8(9)13(21)22)12-5-18-10-3-1-2-4-11(10)19-12/h1-5,8-9H,6-7H2,(H,21,22)/t8-,9-/m1/s1. The highest BCUT2D eigenvalue weighted by atomic mass is 19.4.